The summed E-state index contributed by atoms with van der Waals surface area (Å²) in [6.07, 6.45) is 2.77. The molecule has 8 heteroatoms. The van der Waals surface area contributed by atoms with Crippen molar-refractivity contribution >= 4 is 36.7 Å². The molecule has 27 heavy (non-hydrogen) atoms. The molecule has 4 rings (SSSR count). The Morgan fingerprint density at radius 2 is 1.78 bits per heavy atom. The molecule has 1 aromatic carbocycles. The normalized spacial score (nSPS) is 19.2. The van der Waals surface area contributed by atoms with E-state index in [1.165, 1.54) is 0 Å². The number of anilines is 1. The highest BCUT2D eigenvalue weighted by Gasteiger charge is 2.29. The number of carbonyl (C=O) groups is 1. The third-order valence-electron chi connectivity index (χ3n) is 5.00. The van der Waals surface area contributed by atoms with Crippen LogP contribution in [0.1, 0.15) is 6.42 Å². The zero-order chi connectivity index (χ0) is 17.1. The Labute approximate surface area is 172 Å². The average molecular weight is 410 g/mol. The number of aromatic nitrogens is 2. The highest BCUT2D eigenvalue weighted by atomic mass is 35.5. The van der Waals surface area contributed by atoms with Gasteiger partial charge in [-0.3, -0.25) is 4.79 Å². The summed E-state index contributed by atoms with van der Waals surface area (Å²) in [6, 6.07) is 12.1. The maximum Gasteiger partial charge on any atom is 0.227 e. The average Bonchev–Trinajstić information content (AvgIpc) is 3.23. The first-order chi connectivity index (χ1) is 12.3. The number of rotatable bonds is 3. The largest absolute Gasteiger partial charge is 0.339 e. The fourth-order valence-electron chi connectivity index (χ4n) is 3.52. The lowest BCUT2D eigenvalue weighted by molar-refractivity contribution is -0.135. The maximum absolute atomic E-state index is 12.5. The van der Waals surface area contributed by atoms with E-state index in [-0.39, 0.29) is 30.7 Å². The molecule has 0 spiro atoms. The Morgan fingerprint density at radius 1 is 1.04 bits per heavy atom. The van der Waals surface area contributed by atoms with Gasteiger partial charge in [0, 0.05) is 44.5 Å². The van der Waals surface area contributed by atoms with Crippen molar-refractivity contribution in [3.63, 3.8) is 0 Å². The van der Waals surface area contributed by atoms with Crippen LogP contribution in [0.3, 0.4) is 0 Å². The predicted molar refractivity (Wildman–Crippen MR) is 112 cm³/mol. The summed E-state index contributed by atoms with van der Waals surface area (Å²) in [7, 11) is 0. The van der Waals surface area contributed by atoms with Crippen molar-refractivity contribution in [2.45, 2.75) is 6.42 Å². The van der Waals surface area contributed by atoms with Gasteiger partial charge >= 0.3 is 0 Å². The van der Waals surface area contributed by atoms with Gasteiger partial charge in [-0.2, -0.15) is 0 Å². The molecule has 146 valence electrons. The van der Waals surface area contributed by atoms with E-state index >= 15 is 0 Å². The molecule has 2 aliphatic heterocycles. The number of halogens is 2. The van der Waals surface area contributed by atoms with Gasteiger partial charge in [-0.15, -0.1) is 24.8 Å². The summed E-state index contributed by atoms with van der Waals surface area (Å²) in [6.45, 7) is 4.83. The number of nitrogens with one attached hydrogen (secondary N) is 1. The summed E-state index contributed by atoms with van der Waals surface area (Å²) in [4.78, 5) is 25.8. The van der Waals surface area contributed by atoms with E-state index in [9.17, 15) is 4.79 Å². The van der Waals surface area contributed by atoms with Gasteiger partial charge in [-0.1, -0.05) is 30.3 Å². The zero-order valence-corrected chi connectivity index (χ0v) is 16.7. The van der Waals surface area contributed by atoms with E-state index in [1.807, 2.05) is 35.4 Å². The van der Waals surface area contributed by atoms with Gasteiger partial charge in [0.15, 0.2) is 0 Å². The van der Waals surface area contributed by atoms with Crippen molar-refractivity contribution < 1.29 is 4.79 Å². The number of hydrogen-bond acceptors (Lipinski definition) is 5. The number of carbonyl (C=O) groups excluding carboxylic acids is 1. The van der Waals surface area contributed by atoms with Crippen molar-refractivity contribution in [1.82, 2.24) is 20.2 Å². The SMILES string of the molecule is Cl.Cl.O=C(C1CCNC1)N1CCN(c2nccc(-c3ccccc3)n2)CC1. The lowest BCUT2D eigenvalue weighted by atomic mass is 10.1. The first kappa shape index (κ1) is 21.4. The Kier molecular flexibility index (Phi) is 7.83. The van der Waals surface area contributed by atoms with Crippen LogP contribution >= 0.6 is 24.8 Å². The van der Waals surface area contributed by atoms with Crippen LogP contribution in [0, 0.1) is 5.92 Å². The molecule has 0 saturated carbocycles. The Morgan fingerprint density at radius 3 is 2.44 bits per heavy atom. The molecule has 1 amide bonds. The standard InChI is InChI=1S/C19H23N5O.2ClH/c25-18(16-6-8-20-14-16)23-10-12-24(13-11-23)19-21-9-7-17(22-19)15-4-2-1-3-5-15;;/h1-5,7,9,16,20H,6,8,10-14H2;2*1H. The van der Waals surface area contributed by atoms with E-state index in [0.29, 0.717) is 5.91 Å². The van der Waals surface area contributed by atoms with Gasteiger partial charge in [0.2, 0.25) is 11.9 Å². The van der Waals surface area contributed by atoms with E-state index in [0.717, 1.165) is 62.9 Å². The molecule has 2 fully saturated rings. The molecule has 2 aliphatic rings. The molecule has 0 aliphatic carbocycles. The monoisotopic (exact) mass is 409 g/mol. The van der Waals surface area contributed by atoms with Crippen LogP contribution in [0.15, 0.2) is 42.6 Å². The maximum atomic E-state index is 12.5. The number of piperazine rings is 1. The highest BCUT2D eigenvalue weighted by molar-refractivity contribution is 5.85. The first-order valence-corrected chi connectivity index (χ1v) is 8.94. The molecule has 1 aromatic heterocycles. The lowest BCUT2D eigenvalue weighted by Gasteiger charge is -2.36. The number of benzene rings is 1. The second kappa shape index (κ2) is 9.88. The van der Waals surface area contributed by atoms with E-state index in [4.69, 9.17) is 4.98 Å². The van der Waals surface area contributed by atoms with Crippen molar-refractivity contribution in [1.29, 1.82) is 0 Å². The highest BCUT2D eigenvalue weighted by Crippen LogP contribution is 2.20. The Balaban J connectivity index is 0.00000131. The summed E-state index contributed by atoms with van der Waals surface area (Å²) in [5, 5.41) is 3.27. The minimum Gasteiger partial charge on any atom is -0.339 e. The molecule has 1 unspecified atom stereocenters. The summed E-state index contributed by atoms with van der Waals surface area (Å²) in [5.41, 5.74) is 2.02. The van der Waals surface area contributed by atoms with Crippen molar-refractivity contribution in [2.24, 2.45) is 5.92 Å². The second-order valence-electron chi connectivity index (χ2n) is 6.61. The van der Waals surface area contributed by atoms with E-state index < -0.39 is 0 Å². The summed E-state index contributed by atoms with van der Waals surface area (Å²) in [5.74, 6) is 1.20. The quantitative estimate of drug-likeness (QED) is 0.841. The van der Waals surface area contributed by atoms with Gasteiger partial charge in [0.1, 0.15) is 0 Å². The molecule has 3 heterocycles. The van der Waals surface area contributed by atoms with Crippen molar-refractivity contribution in [3.05, 3.63) is 42.6 Å². The number of hydrogen-bond donors (Lipinski definition) is 1. The molecular weight excluding hydrogens is 385 g/mol. The molecule has 2 aromatic rings. The molecular formula is C19H25Cl2N5O. The second-order valence-corrected chi connectivity index (χ2v) is 6.61. The fraction of sp³-hybridized carbons (Fsp3) is 0.421. The molecule has 2 saturated heterocycles. The molecule has 0 bridgehead atoms. The summed E-state index contributed by atoms with van der Waals surface area (Å²) >= 11 is 0. The molecule has 1 atom stereocenters. The lowest BCUT2D eigenvalue weighted by Crippen LogP contribution is -2.51. The third-order valence-corrected chi connectivity index (χ3v) is 5.00. The van der Waals surface area contributed by atoms with Gasteiger partial charge in [0.05, 0.1) is 11.6 Å². The van der Waals surface area contributed by atoms with Gasteiger partial charge in [-0.25, -0.2) is 9.97 Å². The first-order valence-electron chi connectivity index (χ1n) is 8.94. The molecule has 6 nitrogen and oxygen atoms in total. The smallest absolute Gasteiger partial charge is 0.227 e. The van der Waals surface area contributed by atoms with Crippen LogP contribution in [-0.4, -0.2) is 60.0 Å². The van der Waals surface area contributed by atoms with Crippen molar-refractivity contribution in [2.75, 3.05) is 44.2 Å². The fourth-order valence-corrected chi connectivity index (χ4v) is 3.52. The topological polar surface area (TPSA) is 61.4 Å². The van der Waals surface area contributed by atoms with Crippen LogP contribution in [-0.2, 0) is 4.79 Å². The third kappa shape index (κ3) is 4.89. The molecule has 0 radical (unpaired) electrons. The zero-order valence-electron chi connectivity index (χ0n) is 15.1. The minimum absolute atomic E-state index is 0. The van der Waals surface area contributed by atoms with E-state index in [1.54, 1.807) is 0 Å². The predicted octanol–water partition coefficient (Wildman–Crippen LogP) is 2.25. The van der Waals surface area contributed by atoms with E-state index in [2.05, 4.69) is 27.3 Å². The van der Waals surface area contributed by atoms with Gasteiger partial charge in [-0.05, 0) is 19.0 Å². The van der Waals surface area contributed by atoms with Crippen LogP contribution in [0.2, 0.25) is 0 Å². The Hall–Kier alpha value is -1.89. The minimum atomic E-state index is 0. The van der Waals surface area contributed by atoms with Crippen LogP contribution in [0.5, 0.6) is 0 Å². The molecule has 1 N–H and O–H groups in total. The van der Waals surface area contributed by atoms with Gasteiger partial charge in [0.25, 0.3) is 0 Å². The summed E-state index contributed by atoms with van der Waals surface area (Å²) < 4.78 is 0. The van der Waals surface area contributed by atoms with Crippen LogP contribution in [0.4, 0.5) is 5.95 Å². The number of nitrogens with zero attached hydrogens (tertiary/aromatic N) is 4. The Bertz CT molecular complexity index is 732. The van der Waals surface area contributed by atoms with Crippen LogP contribution in [0.25, 0.3) is 11.3 Å². The number of amides is 1. The van der Waals surface area contributed by atoms with Crippen LogP contribution < -0.4 is 10.2 Å². The van der Waals surface area contributed by atoms with Gasteiger partial charge < -0.3 is 15.1 Å². The van der Waals surface area contributed by atoms with Crippen molar-refractivity contribution in [3.8, 4) is 11.3 Å².